The average Bonchev–Trinajstić information content (AvgIpc) is 2.83. The molecule has 0 bridgehead atoms. The lowest BCUT2D eigenvalue weighted by molar-refractivity contribution is -0.116. The summed E-state index contributed by atoms with van der Waals surface area (Å²) in [4.78, 5) is 13.1. The second-order valence-corrected chi connectivity index (χ2v) is 9.97. The molecule has 0 saturated heterocycles. The highest BCUT2D eigenvalue weighted by Crippen LogP contribution is 2.33. The molecule has 1 fully saturated rings. The smallest absolute Gasteiger partial charge is 0.247 e. The monoisotopic (exact) mass is 476 g/mol. The number of methoxy groups -OCH3 is 3. The van der Waals surface area contributed by atoms with Crippen LogP contribution in [0.15, 0.2) is 41.3 Å². The van der Waals surface area contributed by atoms with Crippen LogP contribution in [-0.4, -0.2) is 52.5 Å². The summed E-state index contributed by atoms with van der Waals surface area (Å²) in [6, 6.07) is 9.80. The molecule has 9 heteroatoms. The molecule has 2 aromatic carbocycles. The zero-order chi connectivity index (χ0) is 24.0. The summed E-state index contributed by atoms with van der Waals surface area (Å²) in [7, 11) is 0.493. The molecule has 0 aromatic heterocycles. The highest BCUT2D eigenvalue weighted by atomic mass is 32.2. The van der Waals surface area contributed by atoms with Crippen LogP contribution in [0.1, 0.15) is 37.7 Å². The van der Waals surface area contributed by atoms with E-state index in [1.807, 2.05) is 6.92 Å². The third kappa shape index (κ3) is 5.78. The van der Waals surface area contributed by atoms with E-state index < -0.39 is 15.9 Å². The number of benzene rings is 2. The van der Waals surface area contributed by atoms with Crippen LogP contribution < -0.4 is 19.5 Å². The van der Waals surface area contributed by atoms with Crippen molar-refractivity contribution in [3.8, 4) is 17.2 Å². The molecule has 0 unspecified atom stereocenters. The van der Waals surface area contributed by atoms with E-state index in [-0.39, 0.29) is 23.2 Å². The van der Waals surface area contributed by atoms with E-state index in [1.54, 1.807) is 43.5 Å². The molecular formula is C24H32N2O6S. The van der Waals surface area contributed by atoms with Gasteiger partial charge in [-0.2, -0.15) is 4.31 Å². The maximum atomic E-state index is 13.8. The molecule has 33 heavy (non-hydrogen) atoms. The summed E-state index contributed by atoms with van der Waals surface area (Å²) < 4.78 is 44.8. The molecule has 180 valence electrons. The van der Waals surface area contributed by atoms with Crippen molar-refractivity contribution in [2.45, 2.75) is 50.0 Å². The van der Waals surface area contributed by atoms with Crippen LogP contribution in [0.3, 0.4) is 0 Å². The number of sulfonamides is 1. The van der Waals surface area contributed by atoms with Gasteiger partial charge in [0, 0.05) is 12.1 Å². The molecule has 0 radical (unpaired) electrons. The highest BCUT2D eigenvalue weighted by molar-refractivity contribution is 7.89. The predicted octanol–water partition coefficient (Wildman–Crippen LogP) is 3.98. The lowest BCUT2D eigenvalue weighted by Crippen LogP contribution is -2.45. The first-order chi connectivity index (χ1) is 15.8. The first kappa shape index (κ1) is 24.9. The lowest BCUT2D eigenvalue weighted by Gasteiger charge is -2.33. The minimum atomic E-state index is -3.98. The van der Waals surface area contributed by atoms with Crippen molar-refractivity contribution < 1.29 is 27.4 Å². The van der Waals surface area contributed by atoms with Crippen LogP contribution in [0.2, 0.25) is 0 Å². The van der Waals surface area contributed by atoms with Crippen LogP contribution in [0.4, 0.5) is 5.69 Å². The van der Waals surface area contributed by atoms with Crippen molar-refractivity contribution in [3.05, 3.63) is 42.0 Å². The molecule has 1 aliphatic rings. The number of amides is 1. The van der Waals surface area contributed by atoms with Crippen LogP contribution in [0.25, 0.3) is 0 Å². The second kappa shape index (κ2) is 10.9. The number of carbonyl (C=O) groups excluding carboxylic acids is 1. The molecule has 1 saturated carbocycles. The molecule has 2 aromatic rings. The van der Waals surface area contributed by atoms with Gasteiger partial charge < -0.3 is 19.5 Å². The fraction of sp³-hybridized carbons (Fsp3) is 0.458. The molecule has 0 spiro atoms. The van der Waals surface area contributed by atoms with Crippen LogP contribution in [0, 0.1) is 6.92 Å². The number of nitrogens with zero attached hydrogens (tertiary/aromatic N) is 1. The fourth-order valence-electron chi connectivity index (χ4n) is 4.12. The Morgan fingerprint density at radius 3 is 2.30 bits per heavy atom. The Bertz CT molecular complexity index is 1080. The van der Waals surface area contributed by atoms with Crippen molar-refractivity contribution >= 4 is 21.6 Å². The minimum Gasteiger partial charge on any atom is -0.497 e. The van der Waals surface area contributed by atoms with Crippen molar-refractivity contribution in [2.24, 2.45) is 0 Å². The maximum absolute atomic E-state index is 13.8. The standard InChI is InChI=1S/C24H32N2O6S/c1-17-10-13-21(31-3)23(14-17)33(28,29)26(18-8-6-5-7-9-18)16-24(27)25-20-12-11-19(30-2)15-22(20)32-4/h10-15,18H,5-9,16H2,1-4H3,(H,25,27). The SMILES string of the molecule is COc1ccc(NC(=O)CN(C2CCCCC2)S(=O)(=O)c2cc(C)ccc2OC)c(OC)c1. The Balaban J connectivity index is 1.92. The molecule has 1 N–H and O–H groups in total. The number of ether oxygens (including phenoxy) is 3. The number of carbonyl (C=O) groups is 1. The fourth-order valence-corrected chi connectivity index (χ4v) is 6.01. The van der Waals surface area contributed by atoms with Gasteiger partial charge in [-0.1, -0.05) is 25.3 Å². The molecule has 0 heterocycles. The molecule has 1 amide bonds. The first-order valence-electron chi connectivity index (χ1n) is 11.0. The summed E-state index contributed by atoms with van der Waals surface area (Å²) in [5.74, 6) is 0.829. The van der Waals surface area contributed by atoms with E-state index in [1.165, 1.54) is 18.5 Å². The summed E-state index contributed by atoms with van der Waals surface area (Å²) >= 11 is 0. The first-order valence-corrected chi connectivity index (χ1v) is 12.4. The lowest BCUT2D eigenvalue weighted by atomic mass is 9.95. The van der Waals surface area contributed by atoms with E-state index in [0.717, 1.165) is 24.8 Å². The molecule has 0 atom stereocenters. The van der Waals surface area contributed by atoms with Gasteiger partial charge in [0.1, 0.15) is 22.1 Å². The number of hydrogen-bond donors (Lipinski definition) is 1. The molecule has 0 aliphatic heterocycles. The number of rotatable bonds is 9. The van der Waals surface area contributed by atoms with Crippen LogP contribution >= 0.6 is 0 Å². The largest absolute Gasteiger partial charge is 0.497 e. The quantitative estimate of drug-likeness (QED) is 0.588. The normalized spacial score (nSPS) is 14.7. The molecule has 3 rings (SSSR count). The Labute approximate surface area is 195 Å². The summed E-state index contributed by atoms with van der Waals surface area (Å²) in [5.41, 5.74) is 1.24. The summed E-state index contributed by atoms with van der Waals surface area (Å²) in [6.07, 6.45) is 4.34. The van der Waals surface area contributed by atoms with Gasteiger partial charge in [0.2, 0.25) is 15.9 Å². The van der Waals surface area contributed by atoms with Gasteiger partial charge in [-0.15, -0.1) is 0 Å². The molecule has 1 aliphatic carbocycles. The van der Waals surface area contributed by atoms with Crippen molar-refractivity contribution in [3.63, 3.8) is 0 Å². The van der Waals surface area contributed by atoms with Gasteiger partial charge in [0.25, 0.3) is 0 Å². The van der Waals surface area contributed by atoms with E-state index in [2.05, 4.69) is 5.32 Å². The third-order valence-corrected chi connectivity index (χ3v) is 7.79. The predicted molar refractivity (Wildman–Crippen MR) is 127 cm³/mol. The summed E-state index contributed by atoms with van der Waals surface area (Å²) in [5, 5.41) is 2.79. The topological polar surface area (TPSA) is 94.2 Å². The Morgan fingerprint density at radius 2 is 1.67 bits per heavy atom. The highest BCUT2D eigenvalue weighted by Gasteiger charge is 2.36. The van der Waals surface area contributed by atoms with E-state index in [9.17, 15) is 13.2 Å². The minimum absolute atomic E-state index is 0.0744. The Hall–Kier alpha value is -2.78. The zero-order valence-corrected chi connectivity index (χ0v) is 20.4. The number of hydrogen-bond acceptors (Lipinski definition) is 6. The Morgan fingerprint density at radius 1 is 0.970 bits per heavy atom. The summed E-state index contributed by atoms with van der Waals surface area (Å²) in [6.45, 7) is 1.52. The second-order valence-electron chi connectivity index (χ2n) is 8.11. The van der Waals surface area contributed by atoms with Gasteiger partial charge in [-0.05, 0) is 49.6 Å². The molecule has 8 nitrogen and oxygen atoms in total. The van der Waals surface area contributed by atoms with E-state index >= 15 is 0 Å². The van der Waals surface area contributed by atoms with Gasteiger partial charge >= 0.3 is 0 Å². The van der Waals surface area contributed by atoms with Crippen LogP contribution in [0.5, 0.6) is 17.2 Å². The number of aryl methyl sites for hydroxylation is 1. The van der Waals surface area contributed by atoms with E-state index in [0.29, 0.717) is 30.0 Å². The van der Waals surface area contributed by atoms with E-state index in [4.69, 9.17) is 14.2 Å². The van der Waals surface area contributed by atoms with Gasteiger partial charge in [0.05, 0.1) is 33.6 Å². The van der Waals surface area contributed by atoms with Crippen LogP contribution in [-0.2, 0) is 14.8 Å². The number of nitrogens with one attached hydrogen (secondary N) is 1. The average molecular weight is 477 g/mol. The van der Waals surface area contributed by atoms with Gasteiger partial charge in [-0.3, -0.25) is 4.79 Å². The molecular weight excluding hydrogens is 444 g/mol. The van der Waals surface area contributed by atoms with Crippen molar-refractivity contribution in [1.29, 1.82) is 0 Å². The third-order valence-electron chi connectivity index (χ3n) is 5.87. The van der Waals surface area contributed by atoms with Gasteiger partial charge in [-0.25, -0.2) is 8.42 Å². The maximum Gasteiger partial charge on any atom is 0.247 e. The van der Waals surface area contributed by atoms with Crippen molar-refractivity contribution in [2.75, 3.05) is 33.2 Å². The van der Waals surface area contributed by atoms with Crippen molar-refractivity contribution in [1.82, 2.24) is 4.31 Å². The zero-order valence-electron chi connectivity index (χ0n) is 19.6. The Kier molecular flexibility index (Phi) is 8.20. The number of anilines is 1. The van der Waals surface area contributed by atoms with Gasteiger partial charge in [0.15, 0.2) is 0 Å².